The molecule has 0 aromatic heterocycles. The second-order valence-corrected chi connectivity index (χ2v) is 5.91. The van der Waals surface area contributed by atoms with Crippen LogP contribution in [0.1, 0.15) is 38.7 Å². The van der Waals surface area contributed by atoms with E-state index in [1.807, 2.05) is 44.2 Å². The smallest absolute Gasteiger partial charge is 0.336 e. The highest BCUT2D eigenvalue weighted by molar-refractivity contribution is 5.96. The monoisotopic (exact) mass is 313 g/mol. The van der Waals surface area contributed by atoms with Crippen LogP contribution in [0.15, 0.2) is 54.3 Å². The Bertz CT molecular complexity index is 631. The quantitative estimate of drug-likeness (QED) is 0.618. The van der Waals surface area contributed by atoms with Crippen LogP contribution in [0.2, 0.25) is 0 Å². The molecule has 4 nitrogen and oxygen atoms in total. The number of nitrogens with zero attached hydrogens (tertiary/aromatic N) is 1. The Morgan fingerprint density at radius 2 is 2.04 bits per heavy atom. The minimum atomic E-state index is -0.354. The predicted molar refractivity (Wildman–Crippen MR) is 89.6 cm³/mol. The maximum absolute atomic E-state index is 12.6. The second-order valence-electron chi connectivity index (χ2n) is 5.91. The fourth-order valence-corrected chi connectivity index (χ4v) is 2.88. The molecule has 1 atom stereocenters. The van der Waals surface area contributed by atoms with Gasteiger partial charge in [-0.25, -0.2) is 4.79 Å². The highest BCUT2D eigenvalue weighted by Crippen LogP contribution is 2.37. The van der Waals surface area contributed by atoms with Gasteiger partial charge in [0.1, 0.15) is 0 Å². The van der Waals surface area contributed by atoms with Crippen LogP contribution in [0.5, 0.6) is 0 Å². The molecule has 23 heavy (non-hydrogen) atoms. The largest absolute Gasteiger partial charge is 0.460 e. The van der Waals surface area contributed by atoms with Crippen molar-refractivity contribution in [3.8, 4) is 0 Å². The number of ether oxygens (including phenoxy) is 1. The molecule has 0 saturated heterocycles. The summed E-state index contributed by atoms with van der Waals surface area (Å²) in [5.41, 5.74) is 2.17. The summed E-state index contributed by atoms with van der Waals surface area (Å²) in [6.07, 6.45) is 1.72. The first-order valence-electron chi connectivity index (χ1n) is 7.83. The van der Waals surface area contributed by atoms with Gasteiger partial charge in [-0.05, 0) is 26.3 Å². The first kappa shape index (κ1) is 17.0. The molecule has 1 aliphatic rings. The van der Waals surface area contributed by atoms with E-state index in [2.05, 4.69) is 6.58 Å². The van der Waals surface area contributed by atoms with Gasteiger partial charge in [0.15, 0.2) is 0 Å². The van der Waals surface area contributed by atoms with Gasteiger partial charge in [0.25, 0.3) is 0 Å². The Kier molecular flexibility index (Phi) is 5.37. The fraction of sp³-hybridized carbons (Fsp3) is 0.368. The summed E-state index contributed by atoms with van der Waals surface area (Å²) in [5.74, 6) is -0.624. The molecule has 4 heteroatoms. The third kappa shape index (κ3) is 3.70. The Morgan fingerprint density at radius 1 is 1.39 bits per heavy atom. The molecule has 1 amide bonds. The summed E-state index contributed by atoms with van der Waals surface area (Å²) in [5, 5.41) is 0. The third-order valence-corrected chi connectivity index (χ3v) is 3.90. The minimum Gasteiger partial charge on any atom is -0.460 e. The van der Waals surface area contributed by atoms with E-state index in [1.165, 1.54) is 0 Å². The molecule has 0 N–H and O–H groups in total. The number of amides is 1. The zero-order chi connectivity index (χ0) is 17.0. The number of rotatable bonds is 5. The van der Waals surface area contributed by atoms with Gasteiger partial charge in [-0.2, -0.15) is 0 Å². The van der Waals surface area contributed by atoms with E-state index >= 15 is 0 Å². The van der Waals surface area contributed by atoms with Gasteiger partial charge < -0.3 is 9.64 Å². The van der Waals surface area contributed by atoms with E-state index in [1.54, 1.807) is 17.9 Å². The molecule has 0 saturated carbocycles. The van der Waals surface area contributed by atoms with Crippen LogP contribution in [-0.4, -0.2) is 29.4 Å². The van der Waals surface area contributed by atoms with Gasteiger partial charge in [-0.3, -0.25) is 4.79 Å². The molecule has 1 aromatic rings. The zero-order valence-corrected chi connectivity index (χ0v) is 13.9. The lowest BCUT2D eigenvalue weighted by atomic mass is 9.83. The Hall–Kier alpha value is -2.36. The molecular formula is C19H23NO3. The topological polar surface area (TPSA) is 46.6 Å². The summed E-state index contributed by atoms with van der Waals surface area (Å²) < 4.78 is 5.41. The number of hydrogen-bond donors (Lipinski definition) is 0. The maximum atomic E-state index is 12.6. The number of hydrogen-bond acceptors (Lipinski definition) is 3. The average Bonchev–Trinajstić information content (AvgIpc) is 2.50. The van der Waals surface area contributed by atoms with Gasteiger partial charge in [0.05, 0.1) is 11.7 Å². The van der Waals surface area contributed by atoms with Crippen molar-refractivity contribution in [2.24, 2.45) is 0 Å². The predicted octanol–water partition coefficient (Wildman–Crippen LogP) is 3.41. The van der Waals surface area contributed by atoms with Crippen LogP contribution in [0.25, 0.3) is 0 Å². The lowest BCUT2D eigenvalue weighted by Gasteiger charge is -2.34. The standard InChI is InChI=1S/C19H23NO3/c1-5-11-20-14(4)18(19(22)23-13(2)3)16(12-17(20)21)15-9-7-6-8-10-15/h5-10,13,16H,1,11-12H2,2-4H3. The number of esters is 1. The minimum absolute atomic E-state index is 0.00245. The van der Waals surface area contributed by atoms with Gasteiger partial charge >= 0.3 is 5.97 Å². The van der Waals surface area contributed by atoms with Crippen molar-refractivity contribution in [1.29, 1.82) is 0 Å². The average molecular weight is 313 g/mol. The number of carbonyl (C=O) groups excluding carboxylic acids is 2. The van der Waals surface area contributed by atoms with Crippen LogP contribution < -0.4 is 0 Å². The highest BCUT2D eigenvalue weighted by atomic mass is 16.5. The lowest BCUT2D eigenvalue weighted by molar-refractivity contribution is -0.143. The Balaban J connectivity index is 2.50. The van der Waals surface area contributed by atoms with Crippen molar-refractivity contribution in [3.63, 3.8) is 0 Å². The summed E-state index contributed by atoms with van der Waals surface area (Å²) >= 11 is 0. The van der Waals surface area contributed by atoms with Crippen LogP contribution in [0.4, 0.5) is 0 Å². The molecular weight excluding hydrogens is 290 g/mol. The van der Waals surface area contributed by atoms with Crippen molar-refractivity contribution in [1.82, 2.24) is 4.90 Å². The van der Waals surface area contributed by atoms with E-state index in [0.29, 0.717) is 17.8 Å². The van der Waals surface area contributed by atoms with Crippen molar-refractivity contribution >= 4 is 11.9 Å². The van der Waals surface area contributed by atoms with Crippen molar-refractivity contribution in [2.45, 2.75) is 39.2 Å². The zero-order valence-electron chi connectivity index (χ0n) is 13.9. The number of allylic oxidation sites excluding steroid dienone is 1. The van der Waals surface area contributed by atoms with Gasteiger partial charge in [-0.1, -0.05) is 36.4 Å². The van der Waals surface area contributed by atoms with E-state index in [-0.39, 0.29) is 30.3 Å². The van der Waals surface area contributed by atoms with E-state index in [9.17, 15) is 9.59 Å². The molecule has 122 valence electrons. The number of carbonyl (C=O) groups is 2. The molecule has 0 radical (unpaired) electrons. The summed E-state index contributed by atoms with van der Waals surface area (Å²) in [6, 6.07) is 9.63. The molecule has 0 fully saturated rings. The van der Waals surface area contributed by atoms with Gasteiger partial charge in [-0.15, -0.1) is 6.58 Å². The lowest BCUT2D eigenvalue weighted by Crippen LogP contribution is -2.38. The van der Waals surface area contributed by atoms with Gasteiger partial charge in [0, 0.05) is 24.6 Å². The van der Waals surface area contributed by atoms with Gasteiger partial charge in [0.2, 0.25) is 5.91 Å². The van der Waals surface area contributed by atoms with E-state index in [4.69, 9.17) is 4.74 Å². The normalized spacial score (nSPS) is 18.3. The van der Waals surface area contributed by atoms with Crippen molar-refractivity contribution in [2.75, 3.05) is 6.54 Å². The van der Waals surface area contributed by atoms with E-state index in [0.717, 1.165) is 5.56 Å². The molecule has 0 spiro atoms. The number of benzene rings is 1. The molecule has 2 rings (SSSR count). The van der Waals surface area contributed by atoms with Crippen molar-refractivity contribution in [3.05, 3.63) is 59.8 Å². The van der Waals surface area contributed by atoms with Crippen LogP contribution in [0.3, 0.4) is 0 Å². The summed E-state index contributed by atoms with van der Waals surface area (Å²) in [4.78, 5) is 26.7. The molecule has 0 aliphatic carbocycles. The molecule has 1 aliphatic heterocycles. The first-order valence-corrected chi connectivity index (χ1v) is 7.83. The van der Waals surface area contributed by atoms with Crippen LogP contribution in [0, 0.1) is 0 Å². The van der Waals surface area contributed by atoms with Crippen LogP contribution >= 0.6 is 0 Å². The van der Waals surface area contributed by atoms with Crippen LogP contribution in [-0.2, 0) is 14.3 Å². The molecule has 1 heterocycles. The summed E-state index contributed by atoms with van der Waals surface area (Å²) in [7, 11) is 0. The Morgan fingerprint density at radius 3 is 2.61 bits per heavy atom. The highest BCUT2D eigenvalue weighted by Gasteiger charge is 2.36. The molecule has 0 bridgehead atoms. The molecule has 1 aromatic carbocycles. The van der Waals surface area contributed by atoms with Crippen molar-refractivity contribution < 1.29 is 14.3 Å². The van der Waals surface area contributed by atoms with E-state index < -0.39 is 0 Å². The second kappa shape index (κ2) is 7.27. The summed E-state index contributed by atoms with van der Waals surface area (Å²) in [6.45, 7) is 9.52. The molecule has 1 unspecified atom stereocenters. The third-order valence-electron chi connectivity index (χ3n) is 3.90. The fourth-order valence-electron chi connectivity index (χ4n) is 2.88. The Labute approximate surface area is 137 Å². The maximum Gasteiger partial charge on any atom is 0.336 e. The first-order chi connectivity index (χ1) is 11.0. The SMILES string of the molecule is C=CCN1C(=O)CC(c2ccccc2)C(C(=O)OC(C)C)=C1C.